The SMILES string of the molecule is Cc1ccc(F)c(NC(=O)Nc2cccc(C#CC3CCCC4NNC(N)C34)c2)c1. The fraction of sp³-hybridized carbons (Fsp3) is 0.348. The summed E-state index contributed by atoms with van der Waals surface area (Å²) >= 11 is 0. The van der Waals surface area contributed by atoms with E-state index in [0.717, 1.165) is 30.4 Å². The molecule has 4 unspecified atom stereocenters. The molecule has 2 aromatic rings. The first-order valence-electron chi connectivity index (χ1n) is 10.2. The summed E-state index contributed by atoms with van der Waals surface area (Å²) in [6.45, 7) is 1.84. The number of hydrazine groups is 1. The summed E-state index contributed by atoms with van der Waals surface area (Å²) < 4.78 is 13.9. The van der Waals surface area contributed by atoms with E-state index in [1.807, 2.05) is 25.1 Å². The zero-order chi connectivity index (χ0) is 21.1. The predicted molar refractivity (Wildman–Crippen MR) is 116 cm³/mol. The van der Waals surface area contributed by atoms with Crippen molar-refractivity contribution in [2.45, 2.75) is 38.4 Å². The number of urea groups is 1. The van der Waals surface area contributed by atoms with E-state index in [-0.39, 0.29) is 17.8 Å². The molecule has 4 atom stereocenters. The van der Waals surface area contributed by atoms with Gasteiger partial charge in [-0.05, 0) is 55.7 Å². The number of hydrogen-bond acceptors (Lipinski definition) is 4. The Morgan fingerprint density at radius 1 is 1.17 bits per heavy atom. The molecule has 6 N–H and O–H groups in total. The Morgan fingerprint density at radius 2 is 2.03 bits per heavy atom. The molecule has 0 aromatic heterocycles. The summed E-state index contributed by atoms with van der Waals surface area (Å²) in [6, 6.07) is 11.8. The molecule has 7 heteroatoms. The molecule has 2 amide bonds. The van der Waals surface area contributed by atoms with Gasteiger partial charge < -0.3 is 16.4 Å². The molecule has 2 aliphatic rings. The van der Waals surface area contributed by atoms with Crippen LogP contribution >= 0.6 is 0 Å². The van der Waals surface area contributed by atoms with E-state index in [9.17, 15) is 9.18 Å². The zero-order valence-electron chi connectivity index (χ0n) is 16.8. The van der Waals surface area contributed by atoms with Crippen molar-refractivity contribution < 1.29 is 9.18 Å². The lowest BCUT2D eigenvalue weighted by Gasteiger charge is -2.31. The van der Waals surface area contributed by atoms with Crippen molar-refractivity contribution in [2.24, 2.45) is 17.6 Å². The molecule has 1 aliphatic carbocycles. The Hall–Kier alpha value is -2.92. The molecule has 0 radical (unpaired) electrons. The lowest BCUT2D eigenvalue weighted by atomic mass is 9.76. The standard InChI is InChI=1S/C23H26FN5O/c1-14-8-11-18(24)20(12-14)27-23(30)26-17-6-2-4-15(13-17)9-10-16-5-3-7-19-21(16)22(25)29-28-19/h2,4,6,8,11-13,16,19,21-22,28-29H,3,5,7,25H2,1H3,(H2,26,27,30). The molecule has 1 aliphatic heterocycles. The van der Waals surface area contributed by atoms with Gasteiger partial charge in [-0.15, -0.1) is 0 Å². The lowest BCUT2D eigenvalue weighted by Crippen LogP contribution is -2.42. The highest BCUT2D eigenvalue weighted by molar-refractivity contribution is 5.99. The van der Waals surface area contributed by atoms with Gasteiger partial charge >= 0.3 is 6.03 Å². The van der Waals surface area contributed by atoms with Gasteiger partial charge in [-0.3, -0.25) is 5.43 Å². The van der Waals surface area contributed by atoms with E-state index in [1.165, 1.54) is 6.07 Å². The van der Waals surface area contributed by atoms with Crippen LogP contribution in [-0.4, -0.2) is 18.2 Å². The second-order valence-electron chi connectivity index (χ2n) is 7.95. The molecule has 6 nitrogen and oxygen atoms in total. The van der Waals surface area contributed by atoms with Gasteiger partial charge in [0, 0.05) is 29.1 Å². The van der Waals surface area contributed by atoms with Crippen molar-refractivity contribution in [1.29, 1.82) is 0 Å². The number of halogens is 1. The van der Waals surface area contributed by atoms with Crippen LogP contribution in [0.25, 0.3) is 0 Å². The van der Waals surface area contributed by atoms with Crippen molar-refractivity contribution in [2.75, 3.05) is 10.6 Å². The minimum atomic E-state index is -0.506. The number of rotatable bonds is 2. The summed E-state index contributed by atoms with van der Waals surface area (Å²) in [4.78, 5) is 12.3. The van der Waals surface area contributed by atoms with Crippen LogP contribution in [0.3, 0.4) is 0 Å². The quantitative estimate of drug-likeness (QED) is 0.494. The van der Waals surface area contributed by atoms with Gasteiger partial charge in [0.2, 0.25) is 0 Å². The molecule has 4 rings (SSSR count). The van der Waals surface area contributed by atoms with Crippen LogP contribution in [0, 0.1) is 36.4 Å². The number of carbonyl (C=O) groups is 1. The summed E-state index contributed by atoms with van der Waals surface area (Å²) in [5.74, 6) is 6.67. The highest BCUT2D eigenvalue weighted by atomic mass is 19.1. The Balaban J connectivity index is 1.43. The van der Waals surface area contributed by atoms with Crippen LogP contribution in [-0.2, 0) is 0 Å². The van der Waals surface area contributed by atoms with Gasteiger partial charge in [0.15, 0.2) is 0 Å². The predicted octanol–water partition coefficient (Wildman–Crippen LogP) is 3.31. The van der Waals surface area contributed by atoms with Gasteiger partial charge in [0.05, 0.1) is 11.9 Å². The maximum Gasteiger partial charge on any atom is 0.323 e. The summed E-state index contributed by atoms with van der Waals surface area (Å²) in [5, 5.41) is 5.28. The average Bonchev–Trinajstić information content (AvgIpc) is 3.11. The molecule has 2 aromatic carbocycles. The molecule has 1 saturated carbocycles. The maximum atomic E-state index is 13.9. The van der Waals surface area contributed by atoms with Gasteiger partial charge in [-0.1, -0.05) is 30.4 Å². The number of carbonyl (C=O) groups excluding carboxylic acids is 1. The smallest absolute Gasteiger partial charge is 0.315 e. The lowest BCUT2D eigenvalue weighted by molar-refractivity contribution is 0.251. The summed E-state index contributed by atoms with van der Waals surface area (Å²) in [7, 11) is 0. The number of fused-ring (bicyclic) bond motifs is 1. The van der Waals surface area contributed by atoms with Crippen molar-refractivity contribution in [3.05, 3.63) is 59.4 Å². The monoisotopic (exact) mass is 407 g/mol. The van der Waals surface area contributed by atoms with E-state index in [0.29, 0.717) is 17.6 Å². The van der Waals surface area contributed by atoms with Crippen LogP contribution in [0.2, 0.25) is 0 Å². The molecule has 0 spiro atoms. The van der Waals surface area contributed by atoms with E-state index in [2.05, 4.69) is 33.3 Å². The third-order valence-electron chi connectivity index (χ3n) is 5.70. The second kappa shape index (κ2) is 8.84. The number of nitrogens with one attached hydrogen (secondary N) is 4. The maximum absolute atomic E-state index is 13.9. The van der Waals surface area contributed by atoms with Gasteiger partial charge in [-0.2, -0.15) is 0 Å². The number of amides is 2. The highest BCUT2D eigenvalue weighted by Crippen LogP contribution is 2.33. The zero-order valence-corrected chi connectivity index (χ0v) is 16.8. The summed E-state index contributed by atoms with van der Waals surface area (Å²) in [5.41, 5.74) is 15.0. The number of aryl methyl sites for hydroxylation is 1. The number of hydrogen-bond donors (Lipinski definition) is 5. The highest BCUT2D eigenvalue weighted by Gasteiger charge is 2.40. The molecule has 0 bridgehead atoms. The number of anilines is 2. The van der Waals surface area contributed by atoms with E-state index in [4.69, 9.17) is 5.73 Å². The first kappa shape index (κ1) is 20.4. The molecule has 156 valence electrons. The van der Waals surface area contributed by atoms with E-state index >= 15 is 0 Å². The van der Waals surface area contributed by atoms with E-state index in [1.54, 1.807) is 18.2 Å². The van der Waals surface area contributed by atoms with Crippen molar-refractivity contribution in [3.63, 3.8) is 0 Å². The number of benzene rings is 2. The van der Waals surface area contributed by atoms with Gasteiger partial charge in [0.1, 0.15) is 5.82 Å². The minimum absolute atomic E-state index is 0.0895. The second-order valence-corrected chi connectivity index (χ2v) is 7.95. The fourth-order valence-corrected chi connectivity index (χ4v) is 4.23. The van der Waals surface area contributed by atoms with Gasteiger partial charge in [0.25, 0.3) is 0 Å². The van der Waals surface area contributed by atoms with Crippen LogP contribution in [0.1, 0.15) is 30.4 Å². The first-order valence-corrected chi connectivity index (χ1v) is 10.2. The molecule has 1 saturated heterocycles. The van der Waals surface area contributed by atoms with Crippen molar-refractivity contribution >= 4 is 17.4 Å². The Morgan fingerprint density at radius 3 is 2.90 bits per heavy atom. The van der Waals surface area contributed by atoms with Crippen LogP contribution in [0.15, 0.2) is 42.5 Å². The third kappa shape index (κ3) is 4.62. The van der Waals surface area contributed by atoms with Crippen molar-refractivity contribution in [3.8, 4) is 11.8 Å². The molecule has 2 fully saturated rings. The fourth-order valence-electron chi connectivity index (χ4n) is 4.23. The largest absolute Gasteiger partial charge is 0.323 e. The minimum Gasteiger partial charge on any atom is -0.315 e. The normalized spacial score (nSPS) is 25.0. The molecule has 1 heterocycles. The summed E-state index contributed by atoms with van der Waals surface area (Å²) in [6.07, 6.45) is 3.18. The van der Waals surface area contributed by atoms with Crippen LogP contribution in [0.5, 0.6) is 0 Å². The third-order valence-corrected chi connectivity index (χ3v) is 5.70. The Kier molecular flexibility index (Phi) is 6.00. The van der Waals surface area contributed by atoms with Crippen LogP contribution in [0.4, 0.5) is 20.6 Å². The Bertz CT molecular complexity index is 997. The van der Waals surface area contributed by atoms with Crippen molar-refractivity contribution in [1.82, 2.24) is 10.9 Å². The Labute approximate surface area is 175 Å². The van der Waals surface area contributed by atoms with Gasteiger partial charge in [-0.25, -0.2) is 14.6 Å². The molecular formula is C23H26FN5O. The first-order chi connectivity index (χ1) is 14.5. The number of nitrogens with two attached hydrogens (primary N) is 1. The topological polar surface area (TPSA) is 91.2 Å². The van der Waals surface area contributed by atoms with E-state index < -0.39 is 11.8 Å². The molecule has 30 heavy (non-hydrogen) atoms. The molecular weight excluding hydrogens is 381 g/mol. The average molecular weight is 407 g/mol. The van der Waals surface area contributed by atoms with Crippen LogP contribution < -0.4 is 27.2 Å².